The monoisotopic (exact) mass is 486 g/mol. The van der Waals surface area contributed by atoms with E-state index in [1.807, 2.05) is 6.92 Å². The van der Waals surface area contributed by atoms with Gasteiger partial charge >= 0.3 is 0 Å². The number of hydrogen-bond donors (Lipinski definition) is 2. The first-order valence-corrected chi connectivity index (χ1v) is 15.8. The molecule has 2 saturated carbocycles. The summed E-state index contributed by atoms with van der Waals surface area (Å²) >= 11 is 0. The molecule has 6 heteroatoms. The Labute approximate surface area is 205 Å². The van der Waals surface area contributed by atoms with Crippen LogP contribution in [0.25, 0.3) is 0 Å². The molecule has 0 aromatic carbocycles. The molecule has 5 nitrogen and oxygen atoms in total. The first-order valence-electron chi connectivity index (χ1n) is 12.9. The van der Waals surface area contributed by atoms with Crippen molar-refractivity contribution in [2.45, 2.75) is 96.2 Å². The van der Waals surface area contributed by atoms with Gasteiger partial charge in [0, 0.05) is 10.8 Å². The summed E-state index contributed by atoms with van der Waals surface area (Å²) in [5, 5.41) is 21.5. The smallest absolute Gasteiger partial charge is 0.250 e. The summed E-state index contributed by atoms with van der Waals surface area (Å²) in [6.45, 7) is 17.0. The number of fused-ring (bicyclic) bond motifs is 3. The second kappa shape index (κ2) is 6.96. The molecule has 2 N–H and O–H groups in total. The topological polar surface area (TPSA) is 79.3 Å². The maximum absolute atomic E-state index is 12.8. The maximum Gasteiger partial charge on any atom is 0.250 e. The number of aliphatic hydroxyl groups excluding tert-OH is 1. The number of ether oxygens (including phenoxy) is 1. The Kier molecular flexibility index (Phi) is 5.01. The molecule has 4 aliphatic carbocycles. The molecule has 0 aromatic rings. The number of aliphatic hydroxyl groups is 2. The fourth-order valence-electron chi connectivity index (χ4n) is 7.96. The molecule has 34 heavy (non-hydrogen) atoms. The van der Waals surface area contributed by atoms with Gasteiger partial charge in [-0.05, 0) is 79.8 Å². The molecule has 1 spiro atoms. The van der Waals surface area contributed by atoms with Gasteiger partial charge in [-0.2, -0.15) is 0 Å². The predicted molar refractivity (Wildman–Crippen MR) is 134 cm³/mol. The van der Waals surface area contributed by atoms with Gasteiger partial charge in [0.2, 0.25) is 8.32 Å². The SMILES string of the molecule is CC1C[C@H]2[C@@H]3CC=C4C=C(O[Si](C)(C)C(C)(C)C)C=C[C@]4(C)[C@]34OC4C[C@]2(C)[C@@]1(O)C(=O)CO. The van der Waals surface area contributed by atoms with Crippen molar-refractivity contribution in [2.75, 3.05) is 6.61 Å². The molecule has 2 unspecified atom stereocenters. The van der Waals surface area contributed by atoms with Crippen LogP contribution in [0.1, 0.15) is 60.8 Å². The summed E-state index contributed by atoms with van der Waals surface area (Å²) in [4.78, 5) is 12.8. The molecule has 0 bridgehead atoms. The van der Waals surface area contributed by atoms with E-state index in [4.69, 9.17) is 9.16 Å². The van der Waals surface area contributed by atoms with E-state index in [0.29, 0.717) is 6.42 Å². The molecular weight excluding hydrogens is 444 g/mol. The van der Waals surface area contributed by atoms with Crippen molar-refractivity contribution >= 4 is 14.1 Å². The molecule has 3 fully saturated rings. The fourth-order valence-corrected chi connectivity index (χ4v) is 8.98. The number of hydrogen-bond acceptors (Lipinski definition) is 5. The summed E-state index contributed by atoms with van der Waals surface area (Å²) < 4.78 is 13.3. The average Bonchev–Trinajstić information content (AvgIpc) is 3.42. The minimum atomic E-state index is -1.94. The molecule has 0 amide bonds. The van der Waals surface area contributed by atoms with Crippen LogP contribution in [0.15, 0.2) is 35.6 Å². The van der Waals surface area contributed by atoms with Crippen molar-refractivity contribution in [1.82, 2.24) is 0 Å². The molecule has 1 aliphatic heterocycles. The maximum atomic E-state index is 12.8. The van der Waals surface area contributed by atoms with Crippen LogP contribution in [0.4, 0.5) is 0 Å². The highest BCUT2D eigenvalue weighted by Crippen LogP contribution is 2.75. The molecule has 0 aromatic heterocycles. The van der Waals surface area contributed by atoms with Crippen molar-refractivity contribution < 1.29 is 24.2 Å². The zero-order valence-electron chi connectivity index (χ0n) is 22.1. The third-order valence-corrected chi connectivity index (χ3v) is 15.4. The van der Waals surface area contributed by atoms with E-state index in [2.05, 4.69) is 72.0 Å². The van der Waals surface area contributed by atoms with Gasteiger partial charge < -0.3 is 19.4 Å². The van der Waals surface area contributed by atoms with Gasteiger partial charge in [0.25, 0.3) is 0 Å². The van der Waals surface area contributed by atoms with Crippen LogP contribution in [-0.4, -0.2) is 48.2 Å². The van der Waals surface area contributed by atoms with Crippen molar-refractivity contribution in [3.05, 3.63) is 35.6 Å². The Bertz CT molecular complexity index is 1020. The van der Waals surface area contributed by atoms with E-state index in [1.54, 1.807) is 0 Å². The average molecular weight is 487 g/mol. The van der Waals surface area contributed by atoms with Crippen LogP contribution in [0.3, 0.4) is 0 Å². The molecular formula is C28H42O5Si. The standard InChI is InChI=1S/C28H42O5Si/c1-17-13-21-20-10-9-18-14-19(33-34(7,8)24(2,3)4)11-12-25(18,5)28(20)23(32-28)15-26(21,6)27(17,31)22(30)16-29/h9,11-12,14,17,20-21,23,29,31H,10,13,15-16H2,1-8H3/t17?,20-,21-,23?,25-,26-,27-,28-/m0/s1. The lowest BCUT2D eigenvalue weighted by Gasteiger charge is -2.54. The molecule has 1 saturated heterocycles. The third kappa shape index (κ3) is 2.74. The van der Waals surface area contributed by atoms with E-state index in [9.17, 15) is 15.0 Å². The Morgan fingerprint density at radius 3 is 2.56 bits per heavy atom. The zero-order valence-corrected chi connectivity index (χ0v) is 23.1. The summed E-state index contributed by atoms with van der Waals surface area (Å²) in [6.07, 6.45) is 11.3. The normalized spacial score (nSPS) is 47.0. The number of carbonyl (C=O) groups is 1. The molecule has 5 aliphatic rings. The number of carbonyl (C=O) groups excluding carboxylic acids is 1. The number of allylic oxidation sites excluding steroid dienone is 3. The van der Waals surface area contributed by atoms with Crippen LogP contribution < -0.4 is 0 Å². The fraction of sp³-hybridized carbons (Fsp3) is 0.750. The molecule has 5 rings (SSSR count). The Hall–Kier alpha value is -1.21. The first-order chi connectivity index (χ1) is 15.6. The Morgan fingerprint density at radius 1 is 1.26 bits per heavy atom. The van der Waals surface area contributed by atoms with Crippen LogP contribution in [0.5, 0.6) is 0 Å². The molecule has 1 heterocycles. The number of Topliss-reactive ketones (excluding diaryl/α,β-unsaturated/α-hetero) is 1. The first kappa shape index (κ1) is 24.5. The minimum Gasteiger partial charge on any atom is -0.544 e. The zero-order chi connectivity index (χ0) is 25.1. The van der Waals surface area contributed by atoms with E-state index < -0.39 is 31.7 Å². The van der Waals surface area contributed by atoms with Gasteiger partial charge in [0.1, 0.15) is 23.6 Å². The highest BCUT2D eigenvalue weighted by Gasteiger charge is 2.81. The summed E-state index contributed by atoms with van der Waals surface area (Å²) in [5.41, 5.74) is -1.38. The van der Waals surface area contributed by atoms with Gasteiger partial charge in [-0.3, -0.25) is 4.79 Å². The predicted octanol–water partition coefficient (Wildman–Crippen LogP) is 4.91. The van der Waals surface area contributed by atoms with Crippen LogP contribution in [0, 0.1) is 28.6 Å². The summed E-state index contributed by atoms with van der Waals surface area (Å²) in [7, 11) is -1.94. The van der Waals surface area contributed by atoms with Crippen molar-refractivity contribution in [2.24, 2.45) is 28.6 Å². The van der Waals surface area contributed by atoms with Crippen molar-refractivity contribution in [3.8, 4) is 0 Å². The van der Waals surface area contributed by atoms with Crippen LogP contribution >= 0.6 is 0 Å². The molecule has 8 atom stereocenters. The summed E-state index contributed by atoms with van der Waals surface area (Å²) in [6, 6.07) is 0. The van der Waals surface area contributed by atoms with Crippen molar-refractivity contribution in [1.29, 1.82) is 0 Å². The number of rotatable bonds is 4. The highest BCUT2D eigenvalue weighted by molar-refractivity contribution is 6.74. The largest absolute Gasteiger partial charge is 0.544 e. The second-order valence-electron chi connectivity index (χ2n) is 13.6. The third-order valence-electron chi connectivity index (χ3n) is 11.0. The number of epoxide rings is 1. The Balaban J connectivity index is 1.50. The van der Waals surface area contributed by atoms with Crippen molar-refractivity contribution in [3.63, 3.8) is 0 Å². The minimum absolute atomic E-state index is 0.00308. The highest BCUT2D eigenvalue weighted by atomic mass is 28.4. The van der Waals surface area contributed by atoms with E-state index in [0.717, 1.165) is 18.6 Å². The van der Waals surface area contributed by atoms with E-state index >= 15 is 0 Å². The second-order valence-corrected chi connectivity index (χ2v) is 18.3. The quantitative estimate of drug-likeness (QED) is 0.436. The van der Waals surface area contributed by atoms with Crippen LogP contribution in [-0.2, 0) is 14.0 Å². The van der Waals surface area contributed by atoms with Gasteiger partial charge in [0.05, 0.1) is 6.10 Å². The van der Waals surface area contributed by atoms with Gasteiger partial charge in [0.15, 0.2) is 5.78 Å². The lowest BCUT2D eigenvalue weighted by molar-refractivity contribution is -0.165. The van der Waals surface area contributed by atoms with Gasteiger partial charge in [-0.1, -0.05) is 46.8 Å². The van der Waals surface area contributed by atoms with E-state index in [-0.39, 0.29) is 39.9 Å². The van der Waals surface area contributed by atoms with Crippen LogP contribution in [0.2, 0.25) is 18.1 Å². The lowest BCUT2D eigenvalue weighted by atomic mass is 9.48. The molecule has 188 valence electrons. The van der Waals surface area contributed by atoms with E-state index in [1.165, 1.54) is 5.57 Å². The lowest BCUT2D eigenvalue weighted by Crippen LogP contribution is -2.62. The Morgan fingerprint density at radius 2 is 1.94 bits per heavy atom. The van der Waals surface area contributed by atoms with Gasteiger partial charge in [-0.25, -0.2) is 0 Å². The van der Waals surface area contributed by atoms with Gasteiger partial charge in [-0.15, -0.1) is 0 Å². The number of ketones is 1. The summed E-state index contributed by atoms with van der Waals surface area (Å²) in [5.74, 6) is 0.721. The molecule has 0 radical (unpaired) electrons.